The summed E-state index contributed by atoms with van der Waals surface area (Å²) in [4.78, 5) is 16.9. The smallest absolute Gasteiger partial charge is 0.148 e. The van der Waals surface area contributed by atoms with Gasteiger partial charge in [-0.1, -0.05) is 11.6 Å². The minimum absolute atomic E-state index is 0.388. The Bertz CT molecular complexity index is 1500. The van der Waals surface area contributed by atoms with E-state index in [4.69, 9.17) is 21.3 Å². The molecule has 1 fully saturated rings. The first-order chi connectivity index (χ1) is 16.0. The first-order valence-electron chi connectivity index (χ1n) is 10.8. The zero-order chi connectivity index (χ0) is 22.6. The van der Waals surface area contributed by atoms with Gasteiger partial charge in [0.2, 0.25) is 0 Å². The first-order valence-corrected chi connectivity index (χ1v) is 11.2. The second-order valence-electron chi connectivity index (χ2n) is 8.61. The van der Waals surface area contributed by atoms with Crippen molar-refractivity contribution in [1.29, 1.82) is 0 Å². The van der Waals surface area contributed by atoms with Gasteiger partial charge in [-0.15, -0.1) is 0 Å². The Morgan fingerprint density at radius 1 is 1.15 bits per heavy atom. The molecule has 0 saturated heterocycles. The monoisotopic (exact) mass is 460 g/mol. The number of aromatic amines is 1. The van der Waals surface area contributed by atoms with Gasteiger partial charge in [-0.05, 0) is 50.5 Å². The van der Waals surface area contributed by atoms with Crippen molar-refractivity contribution in [2.75, 3.05) is 0 Å². The maximum absolute atomic E-state index is 10.4. The van der Waals surface area contributed by atoms with Crippen LogP contribution in [0.4, 0.5) is 0 Å². The predicted octanol–water partition coefficient (Wildman–Crippen LogP) is 5.04. The molecule has 2 N–H and O–H groups in total. The summed E-state index contributed by atoms with van der Waals surface area (Å²) in [6.45, 7) is 2.39. The van der Waals surface area contributed by atoms with Crippen LogP contribution in [0.5, 0.6) is 11.5 Å². The maximum Gasteiger partial charge on any atom is 0.148 e. The number of benzene rings is 2. The topological polar surface area (TPSA) is 102 Å². The van der Waals surface area contributed by atoms with Gasteiger partial charge in [-0.2, -0.15) is 5.10 Å². The Hall–Kier alpha value is -3.49. The molecule has 0 atom stereocenters. The van der Waals surface area contributed by atoms with Gasteiger partial charge >= 0.3 is 0 Å². The van der Waals surface area contributed by atoms with Crippen LogP contribution in [0.1, 0.15) is 25.1 Å². The minimum Gasteiger partial charge on any atom is -0.456 e. The van der Waals surface area contributed by atoms with Gasteiger partial charge in [0.25, 0.3) is 0 Å². The predicted molar refractivity (Wildman–Crippen MR) is 125 cm³/mol. The highest BCUT2D eigenvalue weighted by molar-refractivity contribution is 6.36. The van der Waals surface area contributed by atoms with E-state index in [9.17, 15) is 5.11 Å². The number of aryl methyl sites for hydroxylation is 1. The van der Waals surface area contributed by atoms with Crippen molar-refractivity contribution < 1.29 is 9.84 Å². The van der Waals surface area contributed by atoms with E-state index >= 15 is 0 Å². The van der Waals surface area contributed by atoms with E-state index < -0.39 is 5.60 Å². The number of nitrogens with zero attached hydrogens (tertiary/aromatic N) is 5. The molecule has 0 radical (unpaired) electrons. The molecule has 0 spiro atoms. The number of hydrogen-bond donors (Lipinski definition) is 2. The summed E-state index contributed by atoms with van der Waals surface area (Å²) in [5.74, 6) is 1.99. The summed E-state index contributed by atoms with van der Waals surface area (Å²) < 4.78 is 7.82. The number of aliphatic hydroxyl groups is 1. The van der Waals surface area contributed by atoms with E-state index in [1.54, 1.807) is 23.1 Å². The highest BCUT2D eigenvalue weighted by Crippen LogP contribution is 2.36. The van der Waals surface area contributed by atoms with Crippen LogP contribution >= 0.6 is 11.6 Å². The zero-order valence-electron chi connectivity index (χ0n) is 17.9. The number of halogens is 1. The number of H-pyrrole nitrogens is 1. The van der Waals surface area contributed by atoms with Crippen molar-refractivity contribution in [2.45, 2.75) is 38.3 Å². The van der Waals surface area contributed by atoms with Crippen LogP contribution in [0.2, 0.25) is 5.02 Å². The molecular formula is C24H21ClN6O2. The molecule has 5 aromatic rings. The summed E-state index contributed by atoms with van der Waals surface area (Å²) in [5, 5.41) is 15.2. The normalized spacial score (nSPS) is 15.1. The van der Waals surface area contributed by atoms with Crippen LogP contribution in [0.15, 0.2) is 48.9 Å². The van der Waals surface area contributed by atoms with Crippen LogP contribution in [-0.2, 0) is 6.54 Å². The first kappa shape index (κ1) is 20.1. The summed E-state index contributed by atoms with van der Waals surface area (Å²) >= 11 is 6.69. The number of ether oxygens (including phenoxy) is 1. The Kier molecular flexibility index (Phi) is 4.60. The molecule has 8 nitrogen and oxygen atoms in total. The standard InChI is InChI=1S/C24H21ClN6O2/c1-14-28-17-4-3-16(9-19(17)29-14)33-21-6-5-18-23(22(21)25)30-20(11-26-18)15-10-27-31(12-15)13-24(32)7-2-8-24/h3-6,9-12,32H,2,7-8,13H2,1H3,(H,28,29). The molecule has 1 aliphatic rings. The van der Waals surface area contributed by atoms with E-state index in [1.807, 2.05) is 37.4 Å². The second-order valence-corrected chi connectivity index (χ2v) is 8.99. The molecule has 166 valence electrons. The van der Waals surface area contributed by atoms with Gasteiger partial charge in [0.1, 0.15) is 27.9 Å². The highest BCUT2D eigenvalue weighted by Gasteiger charge is 2.35. The molecule has 1 saturated carbocycles. The summed E-state index contributed by atoms with van der Waals surface area (Å²) in [6.07, 6.45) is 7.98. The highest BCUT2D eigenvalue weighted by atomic mass is 35.5. The molecule has 3 aromatic heterocycles. The third kappa shape index (κ3) is 3.71. The van der Waals surface area contributed by atoms with Crippen LogP contribution in [-0.4, -0.2) is 40.4 Å². The number of nitrogens with one attached hydrogen (secondary N) is 1. The molecule has 6 rings (SSSR count). The summed E-state index contributed by atoms with van der Waals surface area (Å²) in [7, 11) is 0. The fourth-order valence-corrected chi connectivity index (χ4v) is 4.42. The van der Waals surface area contributed by atoms with Gasteiger partial charge in [0.15, 0.2) is 0 Å². The van der Waals surface area contributed by atoms with Crippen LogP contribution < -0.4 is 4.74 Å². The molecule has 0 unspecified atom stereocenters. The number of hydrogen-bond acceptors (Lipinski definition) is 6. The molecule has 9 heteroatoms. The molecule has 0 bridgehead atoms. The molecule has 33 heavy (non-hydrogen) atoms. The van der Waals surface area contributed by atoms with E-state index in [2.05, 4.69) is 20.1 Å². The van der Waals surface area contributed by atoms with Gasteiger partial charge in [0.05, 0.1) is 46.8 Å². The lowest BCUT2D eigenvalue weighted by atomic mass is 9.80. The van der Waals surface area contributed by atoms with Crippen molar-refractivity contribution >= 4 is 33.7 Å². The molecule has 2 aromatic carbocycles. The average molecular weight is 461 g/mol. The third-order valence-electron chi connectivity index (χ3n) is 6.09. The third-order valence-corrected chi connectivity index (χ3v) is 6.45. The van der Waals surface area contributed by atoms with Crippen molar-refractivity contribution in [2.24, 2.45) is 0 Å². The van der Waals surface area contributed by atoms with E-state index in [-0.39, 0.29) is 0 Å². The molecule has 0 amide bonds. The van der Waals surface area contributed by atoms with E-state index in [0.717, 1.165) is 41.7 Å². The van der Waals surface area contributed by atoms with E-state index in [1.165, 1.54) is 0 Å². The van der Waals surface area contributed by atoms with Crippen LogP contribution in [0.25, 0.3) is 33.3 Å². The molecule has 0 aliphatic heterocycles. The summed E-state index contributed by atoms with van der Waals surface area (Å²) in [5.41, 5.74) is 3.82. The van der Waals surface area contributed by atoms with Crippen molar-refractivity contribution in [1.82, 2.24) is 29.7 Å². The Labute approximate surface area is 194 Å². The van der Waals surface area contributed by atoms with E-state index in [0.29, 0.717) is 39.8 Å². The minimum atomic E-state index is -0.647. The largest absolute Gasteiger partial charge is 0.456 e. The van der Waals surface area contributed by atoms with Crippen molar-refractivity contribution in [3.05, 3.63) is 59.8 Å². The number of imidazole rings is 1. The van der Waals surface area contributed by atoms with Crippen molar-refractivity contribution in [3.8, 4) is 22.8 Å². The number of rotatable bonds is 5. The van der Waals surface area contributed by atoms with Gasteiger partial charge in [-0.3, -0.25) is 9.67 Å². The second kappa shape index (κ2) is 7.54. The Morgan fingerprint density at radius 3 is 2.82 bits per heavy atom. The molecule has 3 heterocycles. The average Bonchev–Trinajstić information content (AvgIpc) is 3.39. The van der Waals surface area contributed by atoms with Gasteiger partial charge in [0, 0.05) is 17.8 Å². The summed E-state index contributed by atoms with van der Waals surface area (Å²) in [6, 6.07) is 9.28. The Balaban J connectivity index is 1.31. The lowest BCUT2D eigenvalue weighted by Gasteiger charge is -2.36. The number of aromatic nitrogens is 6. The SMILES string of the molecule is Cc1nc2ccc(Oc3ccc4ncc(-c5cnn(CC6(O)CCC6)c5)nc4c3Cl)cc2[nH]1. The van der Waals surface area contributed by atoms with Gasteiger partial charge in [-0.25, -0.2) is 9.97 Å². The molecule has 1 aliphatic carbocycles. The number of fused-ring (bicyclic) bond motifs is 2. The quantitative estimate of drug-likeness (QED) is 0.381. The lowest BCUT2D eigenvalue weighted by Crippen LogP contribution is -2.41. The van der Waals surface area contributed by atoms with Gasteiger partial charge < -0.3 is 14.8 Å². The van der Waals surface area contributed by atoms with Crippen LogP contribution in [0.3, 0.4) is 0 Å². The lowest BCUT2D eigenvalue weighted by molar-refractivity contribution is -0.0498. The molecular weight excluding hydrogens is 440 g/mol. The van der Waals surface area contributed by atoms with Crippen molar-refractivity contribution in [3.63, 3.8) is 0 Å². The Morgan fingerprint density at radius 2 is 2.00 bits per heavy atom. The maximum atomic E-state index is 10.4. The van der Waals surface area contributed by atoms with Crippen LogP contribution in [0, 0.1) is 6.92 Å². The fraction of sp³-hybridized carbons (Fsp3) is 0.250. The zero-order valence-corrected chi connectivity index (χ0v) is 18.7. The fourth-order valence-electron chi connectivity index (χ4n) is 4.18.